The van der Waals surface area contributed by atoms with E-state index in [1.165, 1.54) is 23.1 Å². The summed E-state index contributed by atoms with van der Waals surface area (Å²) in [7, 11) is 0. The highest BCUT2D eigenvalue weighted by Crippen LogP contribution is 2.20. The van der Waals surface area contributed by atoms with Crippen LogP contribution in [0.25, 0.3) is 0 Å². The summed E-state index contributed by atoms with van der Waals surface area (Å²) >= 11 is 2.69. The standard InChI is InChI=1S/C5H6N3OS2/c1-3-7-8-5(11-3)10-2-4(6)9/h6H,2H2,1H3. The smallest absolute Gasteiger partial charge is 0.248 e. The van der Waals surface area contributed by atoms with E-state index in [1.54, 1.807) is 0 Å². The van der Waals surface area contributed by atoms with Crippen molar-refractivity contribution >= 4 is 29.0 Å². The van der Waals surface area contributed by atoms with Crippen molar-refractivity contribution in [2.45, 2.75) is 11.3 Å². The number of thioether (sulfide) groups is 1. The number of aromatic nitrogens is 2. The van der Waals surface area contributed by atoms with Gasteiger partial charge < -0.3 is 0 Å². The number of hydrogen-bond donors (Lipinski definition) is 0. The van der Waals surface area contributed by atoms with Gasteiger partial charge in [-0.05, 0) is 6.92 Å². The molecule has 0 aliphatic rings. The van der Waals surface area contributed by atoms with Gasteiger partial charge in [0.2, 0.25) is 5.91 Å². The van der Waals surface area contributed by atoms with Crippen molar-refractivity contribution in [3.05, 3.63) is 5.01 Å². The summed E-state index contributed by atoms with van der Waals surface area (Å²) in [5, 5.41) is 8.43. The van der Waals surface area contributed by atoms with E-state index in [1.807, 2.05) is 6.92 Å². The fourth-order valence-electron chi connectivity index (χ4n) is 0.464. The maximum absolute atomic E-state index is 10.2. The van der Waals surface area contributed by atoms with Crippen molar-refractivity contribution in [1.82, 2.24) is 15.9 Å². The van der Waals surface area contributed by atoms with E-state index < -0.39 is 5.91 Å². The Labute approximate surface area is 72.2 Å². The van der Waals surface area contributed by atoms with Crippen LogP contribution in [0.2, 0.25) is 0 Å². The molecule has 0 aliphatic heterocycles. The molecule has 11 heavy (non-hydrogen) atoms. The highest BCUT2D eigenvalue weighted by molar-refractivity contribution is 8.01. The van der Waals surface area contributed by atoms with E-state index in [2.05, 4.69) is 10.2 Å². The maximum atomic E-state index is 10.2. The highest BCUT2D eigenvalue weighted by Gasteiger charge is 2.02. The molecule has 0 saturated heterocycles. The molecule has 0 spiro atoms. The van der Waals surface area contributed by atoms with Crippen LogP contribution in [0.5, 0.6) is 0 Å². The SMILES string of the molecule is Cc1nnc(SCC([NH])=O)s1. The molecule has 1 amide bonds. The van der Waals surface area contributed by atoms with E-state index in [4.69, 9.17) is 5.73 Å². The molecule has 1 rings (SSSR count). The summed E-state index contributed by atoms with van der Waals surface area (Å²) in [5.74, 6) is -0.419. The van der Waals surface area contributed by atoms with E-state index in [9.17, 15) is 4.79 Å². The van der Waals surface area contributed by atoms with Crippen molar-refractivity contribution in [3.63, 3.8) is 0 Å². The van der Waals surface area contributed by atoms with Crippen LogP contribution in [-0.2, 0) is 4.79 Å². The molecule has 0 bridgehead atoms. The van der Waals surface area contributed by atoms with Gasteiger partial charge in [-0.3, -0.25) is 10.5 Å². The Morgan fingerprint density at radius 3 is 2.91 bits per heavy atom. The Kier molecular flexibility index (Phi) is 2.84. The van der Waals surface area contributed by atoms with Gasteiger partial charge in [-0.25, -0.2) is 0 Å². The monoisotopic (exact) mass is 188 g/mol. The number of hydrogen-bond acceptors (Lipinski definition) is 5. The second kappa shape index (κ2) is 3.68. The van der Waals surface area contributed by atoms with Gasteiger partial charge in [0.25, 0.3) is 0 Å². The first kappa shape index (κ1) is 8.48. The fourth-order valence-corrected chi connectivity index (χ4v) is 2.01. The summed E-state index contributed by atoms with van der Waals surface area (Å²) < 4.78 is 0.753. The molecular formula is C5H6N3OS2. The summed E-state index contributed by atoms with van der Waals surface area (Å²) in [6.45, 7) is 1.85. The first-order chi connectivity index (χ1) is 5.18. The number of rotatable bonds is 3. The Bertz CT molecular complexity index is 260. The minimum atomic E-state index is -0.581. The minimum Gasteiger partial charge on any atom is -0.272 e. The van der Waals surface area contributed by atoms with E-state index in [-0.39, 0.29) is 5.75 Å². The molecular weight excluding hydrogens is 182 g/mol. The highest BCUT2D eigenvalue weighted by atomic mass is 32.2. The van der Waals surface area contributed by atoms with E-state index >= 15 is 0 Å². The van der Waals surface area contributed by atoms with Crippen LogP contribution in [0.1, 0.15) is 5.01 Å². The molecule has 1 aromatic heterocycles. The van der Waals surface area contributed by atoms with E-state index in [0.29, 0.717) is 0 Å². The van der Waals surface area contributed by atoms with Gasteiger partial charge in [0.15, 0.2) is 4.34 Å². The molecule has 0 aliphatic carbocycles. The second-order valence-corrected chi connectivity index (χ2v) is 4.20. The molecule has 0 aromatic carbocycles. The fraction of sp³-hybridized carbons (Fsp3) is 0.400. The first-order valence-corrected chi connectivity index (χ1v) is 4.66. The van der Waals surface area contributed by atoms with Gasteiger partial charge in [-0.15, -0.1) is 10.2 Å². The van der Waals surface area contributed by atoms with Crippen LogP contribution >= 0.6 is 23.1 Å². The lowest BCUT2D eigenvalue weighted by atomic mass is 10.8. The number of amides is 1. The van der Waals surface area contributed by atoms with Gasteiger partial charge in [0.1, 0.15) is 5.01 Å². The van der Waals surface area contributed by atoms with Crippen molar-refractivity contribution in [2.75, 3.05) is 5.75 Å². The second-order valence-electron chi connectivity index (χ2n) is 1.80. The lowest BCUT2D eigenvalue weighted by Crippen LogP contribution is -1.99. The zero-order chi connectivity index (χ0) is 8.27. The average Bonchev–Trinajstić information content (AvgIpc) is 2.31. The third-order valence-electron chi connectivity index (χ3n) is 0.834. The Hall–Kier alpha value is -0.620. The zero-order valence-corrected chi connectivity index (χ0v) is 7.46. The van der Waals surface area contributed by atoms with Crippen molar-refractivity contribution < 1.29 is 4.79 Å². The van der Waals surface area contributed by atoms with Gasteiger partial charge in [0.05, 0.1) is 5.75 Å². The van der Waals surface area contributed by atoms with Crippen LogP contribution in [0.15, 0.2) is 4.34 Å². The van der Waals surface area contributed by atoms with Crippen molar-refractivity contribution in [3.8, 4) is 0 Å². The lowest BCUT2D eigenvalue weighted by Gasteiger charge is -1.87. The third-order valence-corrected chi connectivity index (χ3v) is 2.81. The van der Waals surface area contributed by atoms with Gasteiger partial charge >= 0.3 is 0 Å². The largest absolute Gasteiger partial charge is 0.272 e. The molecule has 1 aromatic rings. The van der Waals surface area contributed by atoms with Gasteiger partial charge in [0, 0.05) is 0 Å². The average molecular weight is 188 g/mol. The zero-order valence-electron chi connectivity index (χ0n) is 5.83. The number of nitrogens with zero attached hydrogens (tertiary/aromatic N) is 2. The minimum absolute atomic E-state index is 0.161. The Balaban J connectivity index is 2.45. The lowest BCUT2D eigenvalue weighted by molar-refractivity contribution is -0.116. The first-order valence-electron chi connectivity index (χ1n) is 2.86. The summed E-state index contributed by atoms with van der Waals surface area (Å²) in [6.07, 6.45) is 0. The summed E-state index contributed by atoms with van der Waals surface area (Å²) in [6, 6.07) is 0. The van der Waals surface area contributed by atoms with Crippen molar-refractivity contribution in [1.29, 1.82) is 0 Å². The molecule has 6 heteroatoms. The summed E-state index contributed by atoms with van der Waals surface area (Å²) in [4.78, 5) is 10.2. The molecule has 1 heterocycles. The predicted octanol–water partition coefficient (Wildman–Crippen LogP) is 0.748. The molecule has 1 N–H and O–H groups in total. The van der Waals surface area contributed by atoms with Crippen LogP contribution in [0, 0.1) is 6.92 Å². The molecule has 0 atom stereocenters. The maximum Gasteiger partial charge on any atom is 0.248 e. The molecule has 4 nitrogen and oxygen atoms in total. The normalized spacial score (nSPS) is 9.91. The Morgan fingerprint density at radius 1 is 1.73 bits per heavy atom. The molecule has 0 unspecified atom stereocenters. The Morgan fingerprint density at radius 2 is 2.45 bits per heavy atom. The number of carbonyl (C=O) groups is 1. The molecule has 59 valence electrons. The van der Waals surface area contributed by atoms with Crippen LogP contribution < -0.4 is 5.73 Å². The quantitative estimate of drug-likeness (QED) is 0.656. The predicted molar refractivity (Wildman–Crippen MR) is 43.5 cm³/mol. The number of aryl methyl sites for hydroxylation is 1. The molecule has 1 radical (unpaired) electrons. The third kappa shape index (κ3) is 2.85. The molecule has 0 saturated carbocycles. The van der Waals surface area contributed by atoms with Crippen LogP contribution in [0.3, 0.4) is 0 Å². The number of nitrogens with one attached hydrogen (secondary N) is 1. The van der Waals surface area contributed by atoms with Gasteiger partial charge in [-0.2, -0.15) is 0 Å². The van der Waals surface area contributed by atoms with Crippen molar-refractivity contribution in [2.24, 2.45) is 0 Å². The molecule has 0 fully saturated rings. The van der Waals surface area contributed by atoms with Crippen LogP contribution in [-0.4, -0.2) is 21.9 Å². The van der Waals surface area contributed by atoms with E-state index in [0.717, 1.165) is 9.35 Å². The van der Waals surface area contributed by atoms with Gasteiger partial charge in [-0.1, -0.05) is 23.1 Å². The van der Waals surface area contributed by atoms with Crippen LogP contribution in [0.4, 0.5) is 0 Å². The number of carbonyl (C=O) groups excluding carboxylic acids is 1. The topological polar surface area (TPSA) is 66.7 Å². The summed E-state index contributed by atoms with van der Waals surface area (Å²) in [5.41, 5.74) is 6.63.